The van der Waals surface area contributed by atoms with E-state index in [-0.39, 0.29) is 11.7 Å². The van der Waals surface area contributed by atoms with Gasteiger partial charge in [-0.05, 0) is 19.4 Å². The summed E-state index contributed by atoms with van der Waals surface area (Å²) >= 11 is 0. The number of hydrogen-bond acceptors (Lipinski definition) is 7. The Morgan fingerprint density at radius 3 is 3.10 bits per heavy atom. The molecule has 1 N–H and O–H groups in total. The van der Waals surface area contributed by atoms with Crippen molar-refractivity contribution < 1.29 is 9.53 Å². The van der Waals surface area contributed by atoms with Crippen molar-refractivity contribution in [2.45, 2.75) is 25.4 Å². The van der Waals surface area contributed by atoms with E-state index in [1.54, 1.807) is 23.3 Å². The Morgan fingerprint density at radius 1 is 1.52 bits per heavy atom. The monoisotopic (exact) mass is 288 g/mol. The van der Waals surface area contributed by atoms with E-state index in [4.69, 9.17) is 4.74 Å². The maximum absolute atomic E-state index is 11.9. The average Bonchev–Trinajstić information content (AvgIpc) is 3.16. The van der Waals surface area contributed by atoms with Gasteiger partial charge in [-0.15, -0.1) is 5.10 Å². The number of hydrogen-bond donors (Lipinski definition) is 1. The lowest BCUT2D eigenvalue weighted by molar-refractivity contribution is 0.0591. The lowest BCUT2D eigenvalue weighted by atomic mass is 10.1. The van der Waals surface area contributed by atoms with Gasteiger partial charge in [-0.2, -0.15) is 0 Å². The van der Waals surface area contributed by atoms with Gasteiger partial charge in [0.2, 0.25) is 0 Å². The average molecular weight is 288 g/mol. The highest BCUT2D eigenvalue weighted by Gasteiger charge is 2.29. The molecule has 3 rings (SSSR count). The molecular weight excluding hydrogens is 272 g/mol. The molecule has 1 fully saturated rings. The number of ether oxygens (including phenoxy) is 1. The number of esters is 1. The van der Waals surface area contributed by atoms with E-state index in [9.17, 15) is 4.79 Å². The number of carbonyl (C=O) groups excluding carboxylic acids is 1. The number of aromatic nitrogens is 5. The van der Waals surface area contributed by atoms with Crippen LogP contribution in [0.25, 0.3) is 0 Å². The highest BCUT2D eigenvalue weighted by Crippen LogP contribution is 2.25. The molecule has 21 heavy (non-hydrogen) atoms. The summed E-state index contributed by atoms with van der Waals surface area (Å²) in [5, 5.41) is 11.4. The second kappa shape index (κ2) is 5.96. The van der Waals surface area contributed by atoms with E-state index in [0.717, 1.165) is 30.8 Å². The van der Waals surface area contributed by atoms with Gasteiger partial charge in [0.05, 0.1) is 37.3 Å². The fourth-order valence-corrected chi connectivity index (χ4v) is 2.51. The van der Waals surface area contributed by atoms with Crippen molar-refractivity contribution in [1.82, 2.24) is 30.3 Å². The number of rotatable bonds is 4. The minimum absolute atomic E-state index is 0.0609. The predicted octanol–water partition coefficient (Wildman–Crippen LogP) is 0.327. The Kier molecular flexibility index (Phi) is 3.87. The fourth-order valence-electron chi connectivity index (χ4n) is 2.51. The quantitative estimate of drug-likeness (QED) is 0.810. The molecule has 1 aliphatic heterocycles. The van der Waals surface area contributed by atoms with Gasteiger partial charge in [0.25, 0.3) is 0 Å². The second-order valence-electron chi connectivity index (χ2n) is 4.82. The molecule has 1 unspecified atom stereocenters. The summed E-state index contributed by atoms with van der Waals surface area (Å²) < 4.78 is 6.48. The third kappa shape index (κ3) is 2.75. The van der Waals surface area contributed by atoms with Crippen LogP contribution in [0, 0.1) is 0 Å². The molecular formula is C13H16N6O2. The SMILES string of the molecule is COC(=O)c1nnn(Cc2cnccn2)c1C1CCCN1. The van der Waals surface area contributed by atoms with Gasteiger partial charge in [-0.25, -0.2) is 9.48 Å². The van der Waals surface area contributed by atoms with Gasteiger partial charge in [0, 0.05) is 12.4 Å². The van der Waals surface area contributed by atoms with Gasteiger partial charge in [-0.1, -0.05) is 5.21 Å². The molecule has 0 aliphatic carbocycles. The van der Waals surface area contributed by atoms with Crippen LogP contribution in [-0.2, 0) is 11.3 Å². The Morgan fingerprint density at radius 2 is 2.43 bits per heavy atom. The molecule has 0 aromatic carbocycles. The molecule has 2 aromatic heterocycles. The topological polar surface area (TPSA) is 94.8 Å². The minimum atomic E-state index is -0.468. The Bertz CT molecular complexity index is 621. The molecule has 0 amide bonds. The first kappa shape index (κ1) is 13.6. The number of nitrogens with one attached hydrogen (secondary N) is 1. The molecule has 8 heteroatoms. The zero-order chi connectivity index (χ0) is 14.7. The molecule has 0 radical (unpaired) electrons. The lowest BCUT2D eigenvalue weighted by Gasteiger charge is -2.13. The first-order valence-corrected chi connectivity index (χ1v) is 6.79. The molecule has 8 nitrogen and oxygen atoms in total. The Hall–Kier alpha value is -2.35. The summed E-state index contributed by atoms with van der Waals surface area (Å²) in [5.41, 5.74) is 1.78. The highest BCUT2D eigenvalue weighted by atomic mass is 16.5. The summed E-state index contributed by atoms with van der Waals surface area (Å²) in [6.07, 6.45) is 6.91. The van der Waals surface area contributed by atoms with Crippen LogP contribution < -0.4 is 5.32 Å². The molecule has 3 heterocycles. The Labute approximate surface area is 121 Å². The summed E-state index contributed by atoms with van der Waals surface area (Å²) in [6.45, 7) is 1.34. The first-order chi connectivity index (χ1) is 10.3. The van der Waals surface area contributed by atoms with Crippen LogP contribution in [0.15, 0.2) is 18.6 Å². The summed E-state index contributed by atoms with van der Waals surface area (Å²) in [5.74, 6) is -0.468. The van der Waals surface area contributed by atoms with Crippen LogP contribution >= 0.6 is 0 Å². The van der Waals surface area contributed by atoms with Crippen LogP contribution in [0.3, 0.4) is 0 Å². The lowest BCUT2D eigenvalue weighted by Crippen LogP contribution is -2.21. The minimum Gasteiger partial charge on any atom is -0.464 e. The van der Waals surface area contributed by atoms with Crippen molar-refractivity contribution in [2.75, 3.05) is 13.7 Å². The largest absolute Gasteiger partial charge is 0.464 e. The van der Waals surface area contributed by atoms with Gasteiger partial charge in [0.1, 0.15) is 0 Å². The van der Waals surface area contributed by atoms with Gasteiger partial charge in [0.15, 0.2) is 5.69 Å². The zero-order valence-corrected chi connectivity index (χ0v) is 11.7. The number of nitrogens with zero attached hydrogens (tertiary/aromatic N) is 5. The van der Waals surface area contributed by atoms with Crippen LogP contribution in [0.4, 0.5) is 0 Å². The van der Waals surface area contributed by atoms with Crippen molar-refractivity contribution in [1.29, 1.82) is 0 Å². The maximum Gasteiger partial charge on any atom is 0.360 e. The van der Waals surface area contributed by atoms with Crippen molar-refractivity contribution >= 4 is 5.97 Å². The van der Waals surface area contributed by atoms with E-state index in [2.05, 4.69) is 25.6 Å². The molecule has 110 valence electrons. The van der Waals surface area contributed by atoms with Gasteiger partial charge in [-0.3, -0.25) is 9.97 Å². The predicted molar refractivity (Wildman–Crippen MR) is 72.5 cm³/mol. The molecule has 0 bridgehead atoms. The second-order valence-corrected chi connectivity index (χ2v) is 4.82. The summed E-state index contributed by atoms with van der Waals surface area (Å²) in [6, 6.07) is 0.0609. The van der Waals surface area contributed by atoms with Crippen molar-refractivity contribution in [3.05, 3.63) is 35.7 Å². The van der Waals surface area contributed by atoms with E-state index < -0.39 is 5.97 Å². The zero-order valence-electron chi connectivity index (χ0n) is 11.7. The first-order valence-electron chi connectivity index (χ1n) is 6.79. The van der Waals surface area contributed by atoms with E-state index >= 15 is 0 Å². The highest BCUT2D eigenvalue weighted by molar-refractivity contribution is 5.88. The molecule has 1 aliphatic rings. The summed E-state index contributed by atoms with van der Waals surface area (Å²) in [7, 11) is 1.34. The maximum atomic E-state index is 11.9. The van der Waals surface area contributed by atoms with E-state index in [1.165, 1.54) is 7.11 Å². The molecule has 0 saturated carbocycles. The van der Waals surface area contributed by atoms with Gasteiger partial charge < -0.3 is 10.1 Å². The molecule has 1 atom stereocenters. The number of carbonyl (C=O) groups is 1. The normalized spacial score (nSPS) is 17.9. The van der Waals surface area contributed by atoms with Crippen molar-refractivity contribution in [3.8, 4) is 0 Å². The third-order valence-corrected chi connectivity index (χ3v) is 3.47. The molecule has 1 saturated heterocycles. The van der Waals surface area contributed by atoms with Gasteiger partial charge >= 0.3 is 5.97 Å². The van der Waals surface area contributed by atoms with Crippen molar-refractivity contribution in [3.63, 3.8) is 0 Å². The summed E-state index contributed by atoms with van der Waals surface area (Å²) in [4.78, 5) is 20.1. The number of methoxy groups -OCH3 is 1. The van der Waals surface area contributed by atoms with Crippen LogP contribution in [-0.4, -0.2) is 44.6 Å². The van der Waals surface area contributed by atoms with Crippen LogP contribution in [0.1, 0.15) is 40.8 Å². The smallest absolute Gasteiger partial charge is 0.360 e. The molecule has 2 aromatic rings. The fraction of sp³-hybridized carbons (Fsp3) is 0.462. The van der Waals surface area contributed by atoms with E-state index in [1.807, 2.05) is 0 Å². The van der Waals surface area contributed by atoms with Crippen molar-refractivity contribution in [2.24, 2.45) is 0 Å². The Balaban J connectivity index is 1.95. The van der Waals surface area contributed by atoms with Crippen LogP contribution in [0.5, 0.6) is 0 Å². The van der Waals surface area contributed by atoms with Crippen LogP contribution in [0.2, 0.25) is 0 Å². The molecule has 0 spiro atoms. The van der Waals surface area contributed by atoms with E-state index in [0.29, 0.717) is 6.54 Å². The standard InChI is InChI=1S/C13H16N6O2/c1-21-13(20)11-12(10-3-2-4-16-10)19(18-17-11)8-9-7-14-5-6-15-9/h5-7,10,16H,2-4,8H2,1H3. The third-order valence-electron chi connectivity index (χ3n) is 3.47.